The van der Waals surface area contributed by atoms with Gasteiger partial charge in [0.15, 0.2) is 0 Å². The zero-order chi connectivity index (χ0) is 16.9. The minimum absolute atomic E-state index is 0.0746. The Morgan fingerprint density at radius 2 is 2.26 bits per heavy atom. The van der Waals surface area contributed by atoms with Crippen molar-refractivity contribution in [3.05, 3.63) is 29.8 Å². The number of carbonyl (C=O) groups excluding carboxylic acids is 1. The van der Waals surface area contributed by atoms with Crippen LogP contribution in [0, 0.1) is 0 Å². The number of rotatable bonds is 7. The van der Waals surface area contributed by atoms with E-state index >= 15 is 0 Å². The fourth-order valence-corrected chi connectivity index (χ4v) is 2.86. The summed E-state index contributed by atoms with van der Waals surface area (Å²) in [5, 5.41) is 12.1. The standard InChI is InChI=1S/C17H23NO5/c1-17(11-16(20)21,12-5-3-6-13(9-12)22-2)18-15(19)10-14-7-4-8-23-14/h3,5-6,9,14H,4,7-8,10-11H2,1-2H3,(H,18,19)(H,20,21). The summed E-state index contributed by atoms with van der Waals surface area (Å²) in [6, 6.07) is 7.09. The molecule has 0 aromatic heterocycles. The molecule has 1 saturated heterocycles. The summed E-state index contributed by atoms with van der Waals surface area (Å²) in [7, 11) is 1.55. The molecule has 0 saturated carbocycles. The molecule has 1 amide bonds. The fraction of sp³-hybridized carbons (Fsp3) is 0.529. The average Bonchev–Trinajstić information content (AvgIpc) is 2.99. The van der Waals surface area contributed by atoms with Gasteiger partial charge in [0.25, 0.3) is 0 Å². The van der Waals surface area contributed by atoms with E-state index in [9.17, 15) is 14.7 Å². The summed E-state index contributed by atoms with van der Waals surface area (Å²) in [5.74, 6) is -0.566. The van der Waals surface area contributed by atoms with Crippen molar-refractivity contribution in [2.24, 2.45) is 0 Å². The number of carbonyl (C=O) groups is 2. The predicted octanol–water partition coefficient (Wildman–Crippen LogP) is 2.07. The van der Waals surface area contributed by atoms with E-state index in [0.29, 0.717) is 17.9 Å². The molecule has 6 heteroatoms. The number of benzene rings is 1. The van der Waals surface area contributed by atoms with Crippen LogP contribution in [0.4, 0.5) is 0 Å². The monoisotopic (exact) mass is 321 g/mol. The largest absolute Gasteiger partial charge is 0.497 e. The van der Waals surface area contributed by atoms with Gasteiger partial charge < -0.3 is 19.9 Å². The molecule has 0 aliphatic carbocycles. The highest BCUT2D eigenvalue weighted by atomic mass is 16.5. The first-order chi connectivity index (χ1) is 10.9. The fourth-order valence-electron chi connectivity index (χ4n) is 2.86. The molecule has 1 aliphatic heterocycles. The molecule has 2 atom stereocenters. The Morgan fingerprint density at radius 1 is 1.48 bits per heavy atom. The number of nitrogens with one attached hydrogen (secondary N) is 1. The topological polar surface area (TPSA) is 84.9 Å². The van der Waals surface area contributed by atoms with Gasteiger partial charge >= 0.3 is 5.97 Å². The summed E-state index contributed by atoms with van der Waals surface area (Å²) < 4.78 is 10.7. The Kier molecular flexibility index (Phi) is 5.60. The first kappa shape index (κ1) is 17.3. The van der Waals surface area contributed by atoms with Gasteiger partial charge in [-0.2, -0.15) is 0 Å². The smallest absolute Gasteiger partial charge is 0.306 e. The summed E-state index contributed by atoms with van der Waals surface area (Å²) in [6.45, 7) is 2.39. The quantitative estimate of drug-likeness (QED) is 0.803. The van der Waals surface area contributed by atoms with Gasteiger partial charge in [0.1, 0.15) is 5.75 Å². The van der Waals surface area contributed by atoms with Gasteiger partial charge in [-0.3, -0.25) is 9.59 Å². The van der Waals surface area contributed by atoms with Crippen LogP contribution in [0.5, 0.6) is 5.75 Å². The van der Waals surface area contributed by atoms with E-state index in [0.717, 1.165) is 12.8 Å². The van der Waals surface area contributed by atoms with Crippen LogP contribution in [0.15, 0.2) is 24.3 Å². The summed E-state index contributed by atoms with van der Waals surface area (Å²) in [5.41, 5.74) is -0.310. The third-order valence-corrected chi connectivity index (χ3v) is 4.06. The number of carboxylic acid groups (broad SMARTS) is 1. The lowest BCUT2D eigenvalue weighted by Gasteiger charge is -2.30. The third kappa shape index (κ3) is 4.69. The van der Waals surface area contributed by atoms with E-state index < -0.39 is 11.5 Å². The van der Waals surface area contributed by atoms with Crippen LogP contribution in [0.2, 0.25) is 0 Å². The first-order valence-corrected chi connectivity index (χ1v) is 7.72. The highest BCUT2D eigenvalue weighted by Crippen LogP contribution is 2.28. The molecular weight excluding hydrogens is 298 g/mol. The molecule has 1 aliphatic rings. The highest BCUT2D eigenvalue weighted by molar-refractivity contribution is 5.79. The molecule has 2 unspecified atom stereocenters. The van der Waals surface area contributed by atoms with E-state index in [1.165, 1.54) is 0 Å². The minimum atomic E-state index is -1.00. The molecular formula is C17H23NO5. The molecule has 1 fully saturated rings. The number of amides is 1. The van der Waals surface area contributed by atoms with Crippen molar-refractivity contribution in [1.82, 2.24) is 5.32 Å². The summed E-state index contributed by atoms with van der Waals surface area (Å²) >= 11 is 0. The van der Waals surface area contributed by atoms with Gasteiger partial charge in [-0.05, 0) is 37.5 Å². The molecule has 0 radical (unpaired) electrons. The van der Waals surface area contributed by atoms with E-state index in [1.54, 1.807) is 38.3 Å². The number of hydrogen-bond acceptors (Lipinski definition) is 4. The zero-order valence-corrected chi connectivity index (χ0v) is 13.5. The van der Waals surface area contributed by atoms with Gasteiger partial charge in [0.05, 0.1) is 31.6 Å². The Labute approximate surface area is 135 Å². The molecule has 1 aromatic rings. The Bertz CT molecular complexity index is 568. The van der Waals surface area contributed by atoms with E-state index in [4.69, 9.17) is 9.47 Å². The van der Waals surface area contributed by atoms with Crippen molar-refractivity contribution < 1.29 is 24.2 Å². The molecule has 0 spiro atoms. The molecule has 0 bridgehead atoms. The lowest BCUT2D eigenvalue weighted by Crippen LogP contribution is -2.45. The summed E-state index contributed by atoms with van der Waals surface area (Å²) in [6.07, 6.45) is 1.79. The Balaban J connectivity index is 2.16. The van der Waals surface area contributed by atoms with Crippen LogP contribution in [0.3, 0.4) is 0 Å². The van der Waals surface area contributed by atoms with Crippen LogP contribution < -0.4 is 10.1 Å². The van der Waals surface area contributed by atoms with Crippen LogP contribution in [0.25, 0.3) is 0 Å². The average molecular weight is 321 g/mol. The molecule has 2 rings (SSSR count). The first-order valence-electron chi connectivity index (χ1n) is 7.72. The Morgan fingerprint density at radius 3 is 2.87 bits per heavy atom. The van der Waals surface area contributed by atoms with Crippen molar-refractivity contribution in [2.45, 2.75) is 44.2 Å². The lowest BCUT2D eigenvalue weighted by molar-refractivity contribution is -0.139. The molecule has 1 heterocycles. The maximum Gasteiger partial charge on any atom is 0.306 e. The van der Waals surface area contributed by atoms with Crippen LogP contribution in [0.1, 0.15) is 38.2 Å². The Hall–Kier alpha value is -2.08. The lowest BCUT2D eigenvalue weighted by atomic mass is 9.88. The van der Waals surface area contributed by atoms with Crippen molar-refractivity contribution in [2.75, 3.05) is 13.7 Å². The second kappa shape index (κ2) is 7.46. The molecule has 1 aromatic carbocycles. The molecule has 2 N–H and O–H groups in total. The van der Waals surface area contributed by atoms with E-state index in [-0.39, 0.29) is 24.9 Å². The molecule has 23 heavy (non-hydrogen) atoms. The number of carboxylic acids is 1. The van der Waals surface area contributed by atoms with Gasteiger partial charge in [0.2, 0.25) is 5.91 Å². The van der Waals surface area contributed by atoms with Crippen molar-refractivity contribution in [1.29, 1.82) is 0 Å². The van der Waals surface area contributed by atoms with Gasteiger partial charge in [-0.15, -0.1) is 0 Å². The number of hydrogen-bond donors (Lipinski definition) is 2. The van der Waals surface area contributed by atoms with Crippen molar-refractivity contribution in [3.63, 3.8) is 0 Å². The second-order valence-electron chi connectivity index (χ2n) is 6.02. The van der Waals surface area contributed by atoms with E-state index in [1.807, 2.05) is 0 Å². The second-order valence-corrected chi connectivity index (χ2v) is 6.02. The summed E-state index contributed by atoms with van der Waals surface area (Å²) in [4.78, 5) is 23.6. The highest BCUT2D eigenvalue weighted by Gasteiger charge is 2.33. The van der Waals surface area contributed by atoms with Gasteiger partial charge in [-0.25, -0.2) is 0 Å². The van der Waals surface area contributed by atoms with Crippen molar-refractivity contribution >= 4 is 11.9 Å². The van der Waals surface area contributed by atoms with Crippen molar-refractivity contribution in [3.8, 4) is 5.75 Å². The predicted molar refractivity (Wildman–Crippen MR) is 84.3 cm³/mol. The van der Waals surface area contributed by atoms with Gasteiger partial charge in [0, 0.05) is 6.61 Å². The van der Waals surface area contributed by atoms with Crippen LogP contribution >= 0.6 is 0 Å². The maximum absolute atomic E-state index is 12.3. The minimum Gasteiger partial charge on any atom is -0.497 e. The number of aliphatic carboxylic acids is 1. The maximum atomic E-state index is 12.3. The van der Waals surface area contributed by atoms with E-state index in [2.05, 4.69) is 5.32 Å². The van der Waals surface area contributed by atoms with Crippen LogP contribution in [-0.2, 0) is 19.9 Å². The SMILES string of the molecule is COc1cccc(C(C)(CC(=O)O)NC(=O)CC2CCCO2)c1. The normalized spacial score (nSPS) is 19.8. The van der Waals surface area contributed by atoms with Gasteiger partial charge in [-0.1, -0.05) is 12.1 Å². The number of methoxy groups -OCH3 is 1. The molecule has 6 nitrogen and oxygen atoms in total. The number of ether oxygens (including phenoxy) is 2. The third-order valence-electron chi connectivity index (χ3n) is 4.06. The van der Waals surface area contributed by atoms with Crippen LogP contribution in [-0.4, -0.2) is 36.8 Å². The zero-order valence-electron chi connectivity index (χ0n) is 13.5. The molecule has 126 valence electrons.